The van der Waals surface area contributed by atoms with E-state index in [-0.39, 0.29) is 36.4 Å². The van der Waals surface area contributed by atoms with E-state index in [0.717, 1.165) is 73.4 Å². The Morgan fingerprint density at radius 2 is 1.35 bits per heavy atom. The molecule has 7 aromatic rings. The zero-order valence-electron chi connectivity index (χ0n) is 41.0. The summed E-state index contributed by atoms with van der Waals surface area (Å²) in [5.41, 5.74) is 6.20. The Kier molecular flexibility index (Phi) is 11.7. The van der Waals surface area contributed by atoms with Crippen molar-refractivity contribution in [1.82, 2.24) is 40.4 Å². The summed E-state index contributed by atoms with van der Waals surface area (Å²) in [4.78, 5) is 75.5. The van der Waals surface area contributed by atoms with Crippen molar-refractivity contribution in [3.05, 3.63) is 108 Å². The Labute approximate surface area is 416 Å². The highest BCUT2D eigenvalue weighted by atomic mass is 16.7. The number of H-pyrrole nitrogens is 2. The van der Waals surface area contributed by atoms with E-state index >= 15 is 0 Å². The second-order valence-corrected chi connectivity index (χ2v) is 20.9. The number of aromatic nitrogens is 4. The van der Waals surface area contributed by atoms with Crippen molar-refractivity contribution in [3.8, 4) is 11.1 Å². The number of rotatable bonds is 11. The van der Waals surface area contributed by atoms with Crippen LogP contribution in [0.2, 0.25) is 0 Å². The molecule has 2 aromatic heterocycles. The lowest BCUT2D eigenvalue weighted by molar-refractivity contribution is -0.153. The lowest BCUT2D eigenvalue weighted by atomic mass is 9.96. The number of carbonyl (C=O) groups is 4. The highest BCUT2D eigenvalue weighted by Crippen LogP contribution is 2.61. The highest BCUT2D eigenvalue weighted by molar-refractivity contribution is 6.07. The number of fused-ring (bicyclic) bond motifs is 7. The smallest absolute Gasteiger partial charge is 0.407 e. The summed E-state index contributed by atoms with van der Waals surface area (Å²) in [5, 5.41) is 9.62. The third-order valence-electron chi connectivity index (χ3n) is 16.3. The number of ether oxygens (including phenoxy) is 4. The van der Waals surface area contributed by atoms with Crippen LogP contribution < -0.4 is 10.6 Å². The van der Waals surface area contributed by atoms with Crippen LogP contribution >= 0.6 is 0 Å². The summed E-state index contributed by atoms with van der Waals surface area (Å²) in [6.45, 7) is 4.84. The summed E-state index contributed by atoms with van der Waals surface area (Å²) in [7, 11) is 2.60. The van der Waals surface area contributed by atoms with E-state index in [1.165, 1.54) is 39.9 Å². The number of nitrogens with zero attached hydrogens (tertiary/aromatic N) is 4. The number of amides is 4. The van der Waals surface area contributed by atoms with E-state index in [2.05, 4.69) is 75.2 Å². The molecule has 72 heavy (non-hydrogen) atoms. The molecule has 0 bridgehead atoms. The molecule has 5 aromatic carbocycles. The number of piperidine rings is 1. The maximum atomic E-state index is 14.9. The molecular formula is C56H60N8O8. The summed E-state index contributed by atoms with van der Waals surface area (Å²) in [6.07, 6.45) is 6.12. The van der Waals surface area contributed by atoms with Crippen LogP contribution in [0.1, 0.15) is 94.1 Å². The zero-order chi connectivity index (χ0) is 49.4. The molecule has 2 saturated carbocycles. The van der Waals surface area contributed by atoms with Gasteiger partial charge in [0.1, 0.15) is 23.7 Å². The fourth-order valence-electron chi connectivity index (χ4n) is 12.7. The largest absolute Gasteiger partial charge is 0.453 e. The predicted octanol–water partition coefficient (Wildman–Crippen LogP) is 9.38. The van der Waals surface area contributed by atoms with Gasteiger partial charge >= 0.3 is 12.2 Å². The molecule has 5 fully saturated rings. The Morgan fingerprint density at radius 1 is 0.750 bits per heavy atom. The summed E-state index contributed by atoms with van der Waals surface area (Å²) in [5.74, 6) is 1.36. The molecule has 1 spiro atoms. The number of hydrogen-bond acceptors (Lipinski definition) is 10. The fraction of sp³-hybridized carbons (Fsp3) is 0.429. The van der Waals surface area contributed by atoms with Crippen molar-refractivity contribution in [2.24, 2.45) is 23.7 Å². The van der Waals surface area contributed by atoms with E-state index < -0.39 is 36.1 Å². The molecule has 16 heteroatoms. The van der Waals surface area contributed by atoms with Gasteiger partial charge in [-0.05, 0) is 88.2 Å². The van der Waals surface area contributed by atoms with Crippen molar-refractivity contribution >= 4 is 67.6 Å². The molecule has 16 nitrogen and oxygen atoms in total. The number of benzene rings is 5. The molecule has 2 aliphatic carbocycles. The van der Waals surface area contributed by atoms with E-state index in [1.54, 1.807) is 4.90 Å². The third kappa shape index (κ3) is 8.08. The van der Waals surface area contributed by atoms with Crippen LogP contribution in [0.15, 0.2) is 91.0 Å². The number of imidazole rings is 2. The Bertz CT molecular complexity index is 3250. The average molecular weight is 973 g/mol. The van der Waals surface area contributed by atoms with E-state index in [0.29, 0.717) is 48.8 Å². The van der Waals surface area contributed by atoms with Gasteiger partial charge in [0, 0.05) is 23.2 Å². The van der Waals surface area contributed by atoms with Gasteiger partial charge in [0.25, 0.3) is 5.91 Å². The monoisotopic (exact) mass is 972 g/mol. The molecule has 1 unspecified atom stereocenters. The molecule has 372 valence electrons. The Morgan fingerprint density at radius 3 is 1.94 bits per heavy atom. The number of carbonyl (C=O) groups excluding carboxylic acids is 4. The molecule has 0 radical (unpaired) electrons. The molecule has 7 atom stereocenters. The summed E-state index contributed by atoms with van der Waals surface area (Å²) < 4.78 is 22.1. The Balaban J connectivity index is 0.831. The number of aromatic amines is 2. The van der Waals surface area contributed by atoms with Crippen LogP contribution in [0.25, 0.3) is 54.7 Å². The van der Waals surface area contributed by atoms with E-state index in [1.807, 2.05) is 55.1 Å². The molecule has 5 heterocycles. The maximum absolute atomic E-state index is 14.9. The van der Waals surface area contributed by atoms with Gasteiger partial charge < -0.3 is 49.3 Å². The number of likely N-dealkylation sites (tertiary alicyclic amines) is 2. The second-order valence-electron chi connectivity index (χ2n) is 20.9. The first-order valence-corrected chi connectivity index (χ1v) is 25.5. The first-order valence-electron chi connectivity index (χ1n) is 25.5. The van der Waals surface area contributed by atoms with E-state index in [4.69, 9.17) is 28.9 Å². The first-order chi connectivity index (χ1) is 35.0. The molecule has 5 aliphatic rings. The van der Waals surface area contributed by atoms with Crippen LogP contribution in [-0.4, -0.2) is 106 Å². The van der Waals surface area contributed by atoms with E-state index in [9.17, 15) is 19.2 Å². The summed E-state index contributed by atoms with van der Waals surface area (Å²) >= 11 is 0. The van der Waals surface area contributed by atoms with Crippen LogP contribution in [0.4, 0.5) is 9.59 Å². The van der Waals surface area contributed by atoms with Gasteiger partial charge in [-0.2, -0.15) is 0 Å². The maximum Gasteiger partial charge on any atom is 0.407 e. The number of alkyl carbamates (subject to hydrolysis) is 2. The van der Waals surface area contributed by atoms with Gasteiger partial charge in [-0.25, -0.2) is 19.6 Å². The molecule has 12 rings (SSSR count). The minimum Gasteiger partial charge on any atom is -0.453 e. The van der Waals surface area contributed by atoms with Gasteiger partial charge in [0.05, 0.1) is 68.1 Å². The van der Waals surface area contributed by atoms with Crippen molar-refractivity contribution < 1.29 is 38.1 Å². The molecule has 3 saturated heterocycles. The van der Waals surface area contributed by atoms with Gasteiger partial charge in [-0.3, -0.25) is 9.59 Å². The number of methoxy groups -OCH3 is 2. The van der Waals surface area contributed by atoms with Crippen LogP contribution in [-0.2, 0) is 28.5 Å². The van der Waals surface area contributed by atoms with Crippen molar-refractivity contribution in [2.45, 2.75) is 94.8 Å². The molecular weight excluding hydrogens is 913 g/mol. The number of hydrogen-bond donors (Lipinski definition) is 4. The van der Waals surface area contributed by atoms with Gasteiger partial charge in [0.15, 0.2) is 5.79 Å². The molecule has 4 N–H and O–H groups in total. The normalized spacial score (nSPS) is 23.4. The van der Waals surface area contributed by atoms with Crippen LogP contribution in [0, 0.1) is 23.7 Å². The minimum atomic E-state index is -0.956. The first kappa shape index (κ1) is 46.1. The highest BCUT2D eigenvalue weighted by Gasteiger charge is 2.63. The predicted molar refractivity (Wildman–Crippen MR) is 270 cm³/mol. The van der Waals surface area contributed by atoms with Gasteiger partial charge in [-0.1, -0.05) is 106 Å². The van der Waals surface area contributed by atoms with Gasteiger partial charge in [0.2, 0.25) is 5.91 Å². The molecule has 4 amide bonds. The van der Waals surface area contributed by atoms with Crippen LogP contribution in [0.3, 0.4) is 0 Å². The lowest BCUT2D eigenvalue weighted by Gasteiger charge is -2.32. The van der Waals surface area contributed by atoms with Crippen molar-refractivity contribution in [3.63, 3.8) is 0 Å². The second kappa shape index (κ2) is 18.2. The average Bonchev–Trinajstić information content (AvgIpc) is 4.20. The standard InChI is InChI=1S/C56H60N8O8/c1-30(2)45(61-54(67)69-3)52(65)63-29-56(71-22-23-72-56)28-44(63)51-58-42-21-17-36-26-34(15-19-38(36)48(42)60-51)33-14-18-37-35(25-33)16-20-41-47(37)59-50(57-41)43-27-40-39(24-31-10-8-9-11-31)49(40)64(43)53(66)46(62-55(68)70-4)32-12-6-5-7-13-32/h5-7,12-21,25-26,30-31,39-40,43-46,49H,8-11,22-24,27-29H2,1-4H3,(H,57,59)(H,58,60)(H,61,67)(H,62,68)/t39?,40-,43-,44-,45-,46+,49+/m0/s1. The topological polar surface area (TPSA) is 193 Å². The van der Waals surface area contributed by atoms with Crippen LogP contribution in [0.5, 0.6) is 0 Å². The lowest BCUT2D eigenvalue weighted by Crippen LogP contribution is -2.52. The zero-order valence-corrected chi connectivity index (χ0v) is 41.0. The summed E-state index contributed by atoms with van der Waals surface area (Å²) in [6, 6.07) is 28.2. The van der Waals surface area contributed by atoms with Gasteiger partial charge in [-0.15, -0.1) is 0 Å². The fourth-order valence-corrected chi connectivity index (χ4v) is 12.7. The van der Waals surface area contributed by atoms with Crippen molar-refractivity contribution in [2.75, 3.05) is 34.0 Å². The van der Waals surface area contributed by atoms with Crippen molar-refractivity contribution in [1.29, 1.82) is 0 Å². The molecule has 3 aliphatic heterocycles. The minimum absolute atomic E-state index is 0.0953. The quantitative estimate of drug-likeness (QED) is 0.0971. The SMILES string of the molecule is COC(=O)N[C@H](C(=O)N1CC2(C[C@H]1c1nc3c(ccc4cc(-c5ccc6c(ccc7[nH]c([C@@H]8C[C@H]9C(CC%10CCCC%10)[C@H]9N8C(=O)[C@H](NC(=O)OC)c8ccccc8)nc76)c5)ccc43)[nH]1)OCCO2)C(C)C. The number of nitrogens with one attached hydrogen (secondary N) is 4. The third-order valence-corrected chi connectivity index (χ3v) is 16.3. The Hall–Kier alpha value is -7.04.